The van der Waals surface area contributed by atoms with E-state index in [1.807, 2.05) is 30.3 Å². The van der Waals surface area contributed by atoms with Crippen molar-refractivity contribution in [1.82, 2.24) is 0 Å². The summed E-state index contributed by atoms with van der Waals surface area (Å²) < 4.78 is 4.49. The van der Waals surface area contributed by atoms with Crippen LogP contribution in [0.1, 0.15) is 18.0 Å². The van der Waals surface area contributed by atoms with Gasteiger partial charge in [-0.3, -0.25) is 9.79 Å². The van der Waals surface area contributed by atoms with Gasteiger partial charge in [0.2, 0.25) is 0 Å². The third-order valence-electron chi connectivity index (χ3n) is 2.31. The minimum atomic E-state index is -0.910. The Hall–Kier alpha value is -1.68. The van der Waals surface area contributed by atoms with Gasteiger partial charge in [0.1, 0.15) is 6.04 Å². The average Bonchev–Trinajstić information content (AvgIpc) is 2.31. The molecule has 1 aromatic rings. The second kappa shape index (κ2) is 6.02. The zero-order valence-corrected chi connectivity index (χ0v) is 9.17. The standard InChI is InChI=1S/C12H15NO3/c1-13-12(9-6-4-3-5-7-9)10(14)8-11(15)16-2/h3-7,10,12,14H,1,8H2,2H3/t10-,12-/m1/s1. The molecule has 4 heteroatoms. The molecule has 0 saturated carbocycles. The third kappa shape index (κ3) is 3.17. The average molecular weight is 221 g/mol. The number of hydrogen-bond donors (Lipinski definition) is 1. The highest BCUT2D eigenvalue weighted by molar-refractivity contribution is 5.69. The van der Waals surface area contributed by atoms with Crippen LogP contribution in [0.3, 0.4) is 0 Å². The van der Waals surface area contributed by atoms with Crippen LogP contribution in [0.4, 0.5) is 0 Å². The van der Waals surface area contributed by atoms with Crippen molar-refractivity contribution >= 4 is 12.7 Å². The van der Waals surface area contributed by atoms with Gasteiger partial charge in [0.15, 0.2) is 0 Å². The number of benzene rings is 1. The number of carbonyl (C=O) groups is 1. The fourth-order valence-electron chi connectivity index (χ4n) is 1.47. The first-order valence-electron chi connectivity index (χ1n) is 4.94. The van der Waals surface area contributed by atoms with Gasteiger partial charge in [0, 0.05) is 0 Å². The number of esters is 1. The van der Waals surface area contributed by atoms with E-state index in [2.05, 4.69) is 16.4 Å². The smallest absolute Gasteiger partial charge is 0.308 e. The summed E-state index contributed by atoms with van der Waals surface area (Å²) in [6, 6.07) is 8.73. The van der Waals surface area contributed by atoms with Gasteiger partial charge in [-0.2, -0.15) is 0 Å². The maximum atomic E-state index is 11.0. The largest absolute Gasteiger partial charge is 0.469 e. The molecule has 1 aromatic carbocycles. The van der Waals surface area contributed by atoms with Crippen LogP contribution >= 0.6 is 0 Å². The Labute approximate surface area is 94.6 Å². The molecule has 0 radical (unpaired) electrons. The quantitative estimate of drug-likeness (QED) is 0.603. The lowest BCUT2D eigenvalue weighted by molar-refractivity contribution is -0.143. The Balaban J connectivity index is 2.75. The molecular weight excluding hydrogens is 206 g/mol. The lowest BCUT2D eigenvalue weighted by Gasteiger charge is -2.18. The molecule has 0 fully saturated rings. The minimum absolute atomic E-state index is 0.0882. The number of hydrogen-bond acceptors (Lipinski definition) is 4. The highest BCUT2D eigenvalue weighted by Crippen LogP contribution is 2.22. The molecule has 4 nitrogen and oxygen atoms in total. The van der Waals surface area contributed by atoms with Crippen LogP contribution in [0.25, 0.3) is 0 Å². The summed E-state index contributed by atoms with van der Waals surface area (Å²) in [5.41, 5.74) is 0.828. The van der Waals surface area contributed by atoms with Crippen molar-refractivity contribution in [2.45, 2.75) is 18.6 Å². The molecule has 16 heavy (non-hydrogen) atoms. The van der Waals surface area contributed by atoms with E-state index in [4.69, 9.17) is 0 Å². The first kappa shape index (κ1) is 12.4. The zero-order chi connectivity index (χ0) is 12.0. The molecule has 0 saturated heterocycles. The topological polar surface area (TPSA) is 58.9 Å². The highest BCUT2D eigenvalue weighted by atomic mass is 16.5. The van der Waals surface area contributed by atoms with E-state index >= 15 is 0 Å². The summed E-state index contributed by atoms with van der Waals surface area (Å²) in [6.07, 6.45) is -0.998. The molecule has 0 heterocycles. The Kier molecular flexibility index (Phi) is 4.66. The predicted octanol–water partition coefficient (Wildman–Crippen LogP) is 1.35. The monoisotopic (exact) mass is 221 g/mol. The summed E-state index contributed by atoms with van der Waals surface area (Å²) in [5, 5.41) is 9.83. The zero-order valence-electron chi connectivity index (χ0n) is 9.17. The number of aliphatic hydroxyl groups is 1. The van der Waals surface area contributed by atoms with Gasteiger partial charge in [-0.1, -0.05) is 30.3 Å². The Morgan fingerprint density at radius 3 is 2.62 bits per heavy atom. The summed E-state index contributed by atoms with van der Waals surface area (Å²) in [6.45, 7) is 3.43. The lowest BCUT2D eigenvalue weighted by Crippen LogP contribution is -2.21. The molecule has 0 aromatic heterocycles. The molecule has 0 unspecified atom stereocenters. The van der Waals surface area contributed by atoms with Gasteiger partial charge < -0.3 is 9.84 Å². The van der Waals surface area contributed by atoms with E-state index in [0.29, 0.717) is 0 Å². The summed E-state index contributed by atoms with van der Waals surface area (Å²) in [5.74, 6) is -0.461. The molecule has 0 amide bonds. The van der Waals surface area contributed by atoms with E-state index in [1.54, 1.807) is 0 Å². The fraction of sp³-hybridized carbons (Fsp3) is 0.333. The van der Waals surface area contributed by atoms with Crippen LogP contribution in [0.5, 0.6) is 0 Å². The van der Waals surface area contributed by atoms with E-state index in [9.17, 15) is 9.90 Å². The number of carbonyl (C=O) groups excluding carboxylic acids is 1. The maximum absolute atomic E-state index is 11.0. The van der Waals surface area contributed by atoms with Gasteiger partial charge in [-0.05, 0) is 12.3 Å². The van der Waals surface area contributed by atoms with E-state index in [1.165, 1.54) is 7.11 Å². The Morgan fingerprint density at radius 2 is 2.12 bits per heavy atom. The van der Waals surface area contributed by atoms with Crippen molar-refractivity contribution in [2.24, 2.45) is 4.99 Å². The van der Waals surface area contributed by atoms with Crippen molar-refractivity contribution in [3.8, 4) is 0 Å². The normalized spacial score (nSPS) is 13.9. The molecule has 0 aliphatic carbocycles. The van der Waals surface area contributed by atoms with Crippen LogP contribution in [0.2, 0.25) is 0 Å². The lowest BCUT2D eigenvalue weighted by atomic mass is 10.00. The summed E-state index contributed by atoms with van der Waals surface area (Å²) >= 11 is 0. The van der Waals surface area contributed by atoms with E-state index in [-0.39, 0.29) is 6.42 Å². The number of methoxy groups -OCH3 is 1. The number of aliphatic imine (C=N–C) groups is 1. The summed E-state index contributed by atoms with van der Waals surface area (Å²) in [7, 11) is 1.29. The van der Waals surface area contributed by atoms with Crippen LogP contribution in [-0.4, -0.2) is 31.0 Å². The van der Waals surface area contributed by atoms with Gasteiger partial charge in [0.05, 0.1) is 19.6 Å². The van der Waals surface area contributed by atoms with Gasteiger partial charge in [-0.25, -0.2) is 0 Å². The van der Waals surface area contributed by atoms with E-state index < -0.39 is 18.1 Å². The molecule has 0 aliphatic rings. The number of nitrogens with zero attached hydrogens (tertiary/aromatic N) is 1. The minimum Gasteiger partial charge on any atom is -0.469 e. The van der Waals surface area contributed by atoms with Gasteiger partial charge in [0.25, 0.3) is 0 Å². The van der Waals surface area contributed by atoms with Crippen molar-refractivity contribution in [2.75, 3.05) is 7.11 Å². The van der Waals surface area contributed by atoms with Gasteiger partial charge in [-0.15, -0.1) is 0 Å². The van der Waals surface area contributed by atoms with Crippen LogP contribution in [-0.2, 0) is 9.53 Å². The summed E-state index contributed by atoms with van der Waals surface area (Å²) in [4.78, 5) is 14.9. The second-order valence-corrected chi connectivity index (χ2v) is 3.39. The SMILES string of the molecule is C=N[C@H](c1ccccc1)[C@H](O)CC(=O)OC. The van der Waals surface area contributed by atoms with Crippen molar-refractivity contribution in [3.63, 3.8) is 0 Å². The molecular formula is C12H15NO3. The highest BCUT2D eigenvalue weighted by Gasteiger charge is 2.22. The molecule has 1 N–H and O–H groups in total. The van der Waals surface area contributed by atoms with Crippen molar-refractivity contribution in [3.05, 3.63) is 35.9 Å². The number of ether oxygens (including phenoxy) is 1. The first-order valence-corrected chi connectivity index (χ1v) is 4.94. The second-order valence-electron chi connectivity index (χ2n) is 3.39. The van der Waals surface area contributed by atoms with Crippen LogP contribution in [0.15, 0.2) is 35.3 Å². The molecule has 1 rings (SSSR count). The Morgan fingerprint density at radius 1 is 1.50 bits per heavy atom. The molecule has 0 aliphatic heterocycles. The van der Waals surface area contributed by atoms with E-state index in [0.717, 1.165) is 5.56 Å². The molecule has 2 atom stereocenters. The van der Waals surface area contributed by atoms with Crippen molar-refractivity contribution in [1.29, 1.82) is 0 Å². The van der Waals surface area contributed by atoms with Crippen LogP contribution in [0, 0.1) is 0 Å². The fourth-order valence-corrected chi connectivity index (χ4v) is 1.47. The first-order chi connectivity index (χ1) is 7.69. The van der Waals surface area contributed by atoms with Gasteiger partial charge >= 0.3 is 5.97 Å². The number of rotatable bonds is 5. The van der Waals surface area contributed by atoms with Crippen molar-refractivity contribution < 1.29 is 14.6 Å². The Bertz CT molecular complexity index is 351. The molecule has 0 spiro atoms. The predicted molar refractivity (Wildman–Crippen MR) is 61.4 cm³/mol. The van der Waals surface area contributed by atoms with Crippen LogP contribution < -0.4 is 0 Å². The third-order valence-corrected chi connectivity index (χ3v) is 2.31. The molecule has 86 valence electrons. The number of aliphatic hydroxyl groups excluding tert-OH is 1. The molecule has 0 bridgehead atoms. The maximum Gasteiger partial charge on any atom is 0.308 e.